The number of fused-ring (bicyclic) bond motifs is 2. The molecule has 6 nitrogen and oxygen atoms in total. The molecule has 2 aromatic carbocycles. The number of carbonyl (C=O) groups is 1. The minimum Gasteiger partial charge on any atom is -0.493 e. The van der Waals surface area contributed by atoms with Gasteiger partial charge in [0.15, 0.2) is 5.13 Å². The average molecular weight is 431 g/mol. The van der Waals surface area contributed by atoms with Crippen LogP contribution in [0.2, 0.25) is 0 Å². The van der Waals surface area contributed by atoms with E-state index in [-0.39, 0.29) is 24.4 Å². The number of piperazine rings is 1. The maximum atomic E-state index is 12.9. The smallest absolute Gasteiger partial charge is 0.251 e. The highest BCUT2D eigenvalue weighted by molar-refractivity contribution is 7.22. The highest BCUT2D eigenvalue weighted by Crippen LogP contribution is 2.33. The van der Waals surface area contributed by atoms with E-state index in [9.17, 15) is 4.79 Å². The summed E-state index contributed by atoms with van der Waals surface area (Å²) in [7, 11) is 0. The molecule has 1 saturated heterocycles. The van der Waals surface area contributed by atoms with E-state index in [0.717, 1.165) is 59.3 Å². The van der Waals surface area contributed by atoms with Crippen LogP contribution in [-0.4, -0.2) is 43.7 Å². The van der Waals surface area contributed by atoms with Crippen LogP contribution in [0.15, 0.2) is 42.5 Å². The number of thiazole rings is 1. The minimum atomic E-state index is -0.0549. The van der Waals surface area contributed by atoms with Gasteiger partial charge >= 0.3 is 0 Å². The summed E-state index contributed by atoms with van der Waals surface area (Å²) in [6.45, 7) is 4.52. The zero-order valence-corrected chi connectivity index (χ0v) is 17.5. The number of anilines is 1. The van der Waals surface area contributed by atoms with Gasteiger partial charge in [0, 0.05) is 43.7 Å². The summed E-state index contributed by atoms with van der Waals surface area (Å²) in [4.78, 5) is 19.9. The number of para-hydroxylation sites is 1. The molecule has 2 N–H and O–H groups in total. The Morgan fingerprint density at radius 3 is 2.90 bits per heavy atom. The molecule has 0 radical (unpaired) electrons. The van der Waals surface area contributed by atoms with Crippen LogP contribution in [0.4, 0.5) is 5.13 Å². The van der Waals surface area contributed by atoms with E-state index in [1.807, 2.05) is 42.5 Å². The second-order valence-corrected chi connectivity index (χ2v) is 8.13. The molecule has 2 aliphatic rings. The Bertz CT molecular complexity index is 1020. The molecular formula is C21H23ClN4O2S. The van der Waals surface area contributed by atoms with E-state index in [2.05, 4.69) is 15.5 Å². The number of amides is 1. The lowest BCUT2D eigenvalue weighted by Crippen LogP contribution is -2.43. The van der Waals surface area contributed by atoms with Gasteiger partial charge in [0.05, 0.1) is 22.9 Å². The topological polar surface area (TPSA) is 66.5 Å². The van der Waals surface area contributed by atoms with Crippen molar-refractivity contribution in [1.82, 2.24) is 15.6 Å². The van der Waals surface area contributed by atoms with Crippen molar-refractivity contribution >= 4 is 45.0 Å². The second kappa shape index (κ2) is 8.57. The zero-order valence-electron chi connectivity index (χ0n) is 15.9. The van der Waals surface area contributed by atoms with Crippen LogP contribution in [-0.2, 0) is 0 Å². The number of benzene rings is 2. The monoisotopic (exact) mass is 430 g/mol. The van der Waals surface area contributed by atoms with Crippen molar-refractivity contribution < 1.29 is 9.53 Å². The fraction of sp³-hybridized carbons (Fsp3) is 0.333. The van der Waals surface area contributed by atoms with Crippen LogP contribution in [0.5, 0.6) is 5.75 Å². The van der Waals surface area contributed by atoms with Gasteiger partial charge in [0.1, 0.15) is 5.75 Å². The predicted octanol–water partition coefficient (Wildman–Crippen LogP) is 3.38. The van der Waals surface area contributed by atoms with Gasteiger partial charge in [-0.1, -0.05) is 29.5 Å². The van der Waals surface area contributed by atoms with Crippen molar-refractivity contribution in [2.75, 3.05) is 37.7 Å². The number of hydrogen-bond donors (Lipinski definition) is 2. The Morgan fingerprint density at radius 2 is 2.03 bits per heavy atom. The standard InChI is InChI=1S/C21H22N4O2S.ClH/c26-20(23-16-7-12-27-18-4-2-1-3-15(16)18)14-5-6-17-19(13-14)28-21(24-17)25-10-8-22-9-11-25;/h1-6,13,16,22H,7-12H2,(H,23,26);1H/t16-;/m0./s1. The molecule has 3 aromatic rings. The molecule has 5 rings (SSSR count). The summed E-state index contributed by atoms with van der Waals surface area (Å²) in [5.41, 5.74) is 2.67. The minimum absolute atomic E-state index is 0. The highest BCUT2D eigenvalue weighted by Gasteiger charge is 2.23. The molecule has 0 unspecified atom stereocenters. The lowest BCUT2D eigenvalue weighted by molar-refractivity contribution is 0.0925. The molecule has 0 aliphatic carbocycles. The largest absolute Gasteiger partial charge is 0.493 e. The molecule has 0 saturated carbocycles. The SMILES string of the molecule is Cl.O=C(N[C@H]1CCOc2ccccc21)c1ccc2nc(N3CCNCC3)sc2c1. The first-order valence-electron chi connectivity index (χ1n) is 9.67. The zero-order chi connectivity index (χ0) is 18.9. The van der Waals surface area contributed by atoms with Gasteiger partial charge in [0.25, 0.3) is 5.91 Å². The summed E-state index contributed by atoms with van der Waals surface area (Å²) >= 11 is 1.66. The van der Waals surface area contributed by atoms with Crippen LogP contribution in [0.1, 0.15) is 28.4 Å². The van der Waals surface area contributed by atoms with E-state index in [0.29, 0.717) is 12.2 Å². The fourth-order valence-corrected chi connectivity index (χ4v) is 4.84. The molecule has 1 aromatic heterocycles. The summed E-state index contributed by atoms with van der Waals surface area (Å²) in [5, 5.41) is 7.57. The molecule has 0 spiro atoms. The molecule has 1 fully saturated rings. The Balaban J connectivity index is 0.00000205. The number of halogens is 1. The van der Waals surface area contributed by atoms with E-state index in [1.54, 1.807) is 11.3 Å². The van der Waals surface area contributed by atoms with Crippen LogP contribution < -0.4 is 20.3 Å². The number of hydrogen-bond acceptors (Lipinski definition) is 6. The molecular weight excluding hydrogens is 408 g/mol. The summed E-state index contributed by atoms with van der Waals surface area (Å²) < 4.78 is 6.74. The van der Waals surface area contributed by atoms with Crippen molar-refractivity contribution in [3.63, 3.8) is 0 Å². The highest BCUT2D eigenvalue weighted by atomic mass is 35.5. The normalized spacial score (nSPS) is 18.5. The van der Waals surface area contributed by atoms with Gasteiger partial charge in [0.2, 0.25) is 0 Å². The van der Waals surface area contributed by atoms with Crippen molar-refractivity contribution in [3.8, 4) is 5.75 Å². The van der Waals surface area contributed by atoms with E-state index in [1.165, 1.54) is 0 Å². The molecule has 1 amide bonds. The van der Waals surface area contributed by atoms with Crippen molar-refractivity contribution in [2.45, 2.75) is 12.5 Å². The third-order valence-corrected chi connectivity index (χ3v) is 6.37. The first-order valence-corrected chi connectivity index (χ1v) is 10.5. The molecule has 1 atom stereocenters. The molecule has 29 heavy (non-hydrogen) atoms. The van der Waals surface area contributed by atoms with Crippen LogP contribution in [0.3, 0.4) is 0 Å². The van der Waals surface area contributed by atoms with Crippen molar-refractivity contribution in [3.05, 3.63) is 53.6 Å². The molecule has 8 heteroatoms. The van der Waals surface area contributed by atoms with Crippen molar-refractivity contribution in [1.29, 1.82) is 0 Å². The summed E-state index contributed by atoms with van der Waals surface area (Å²) in [6, 6.07) is 13.7. The number of nitrogens with zero attached hydrogens (tertiary/aromatic N) is 2. The molecule has 152 valence electrons. The van der Waals surface area contributed by atoms with E-state index >= 15 is 0 Å². The van der Waals surface area contributed by atoms with Crippen LogP contribution in [0.25, 0.3) is 10.2 Å². The van der Waals surface area contributed by atoms with Gasteiger partial charge in [-0.3, -0.25) is 4.79 Å². The number of carbonyl (C=O) groups excluding carboxylic acids is 1. The average Bonchev–Trinajstić information content (AvgIpc) is 3.18. The number of aromatic nitrogens is 1. The number of nitrogens with one attached hydrogen (secondary N) is 2. The van der Waals surface area contributed by atoms with Gasteiger partial charge in [-0.2, -0.15) is 0 Å². The third kappa shape index (κ3) is 4.03. The molecule has 0 bridgehead atoms. The second-order valence-electron chi connectivity index (χ2n) is 7.12. The maximum Gasteiger partial charge on any atom is 0.251 e. The Hall–Kier alpha value is -2.35. The lowest BCUT2D eigenvalue weighted by atomic mass is 10.00. The Labute approximate surface area is 179 Å². The van der Waals surface area contributed by atoms with E-state index in [4.69, 9.17) is 9.72 Å². The van der Waals surface area contributed by atoms with E-state index < -0.39 is 0 Å². The summed E-state index contributed by atoms with van der Waals surface area (Å²) in [6.07, 6.45) is 0.776. The Morgan fingerprint density at radius 1 is 1.21 bits per heavy atom. The third-order valence-electron chi connectivity index (χ3n) is 5.29. The molecule has 3 heterocycles. The quantitative estimate of drug-likeness (QED) is 0.666. The number of rotatable bonds is 3. The van der Waals surface area contributed by atoms with Gasteiger partial charge in [-0.15, -0.1) is 12.4 Å². The first kappa shape index (κ1) is 19.9. The molecule has 2 aliphatic heterocycles. The summed E-state index contributed by atoms with van der Waals surface area (Å²) in [5.74, 6) is 0.804. The van der Waals surface area contributed by atoms with Gasteiger partial charge in [-0.05, 0) is 24.3 Å². The fourth-order valence-electron chi connectivity index (χ4n) is 3.78. The van der Waals surface area contributed by atoms with Crippen LogP contribution in [0, 0.1) is 0 Å². The number of ether oxygens (including phenoxy) is 1. The van der Waals surface area contributed by atoms with Crippen molar-refractivity contribution in [2.24, 2.45) is 0 Å². The van der Waals surface area contributed by atoms with Crippen LogP contribution >= 0.6 is 23.7 Å². The maximum absolute atomic E-state index is 12.9. The lowest BCUT2D eigenvalue weighted by Gasteiger charge is -2.26. The Kier molecular flexibility index (Phi) is 5.89. The first-order chi connectivity index (χ1) is 13.8. The van der Waals surface area contributed by atoms with Gasteiger partial charge in [-0.25, -0.2) is 4.98 Å². The van der Waals surface area contributed by atoms with Gasteiger partial charge < -0.3 is 20.3 Å². The predicted molar refractivity (Wildman–Crippen MR) is 119 cm³/mol.